The molecule has 0 bridgehead atoms. The van der Waals surface area contributed by atoms with Gasteiger partial charge in [-0.05, 0) is 102 Å². The Morgan fingerprint density at radius 3 is 2.02 bits per heavy atom. The van der Waals surface area contributed by atoms with Crippen molar-refractivity contribution in [1.82, 2.24) is 4.98 Å². The summed E-state index contributed by atoms with van der Waals surface area (Å²) in [5.74, 6) is 0.0191. The van der Waals surface area contributed by atoms with Crippen molar-refractivity contribution < 1.29 is 32.2 Å². The lowest BCUT2D eigenvalue weighted by molar-refractivity contribution is -0.153. The number of pyridine rings is 1. The molecular weight excluding hydrogens is 642 g/mol. The summed E-state index contributed by atoms with van der Waals surface area (Å²) >= 11 is 0. The van der Waals surface area contributed by atoms with E-state index in [1.165, 1.54) is 24.3 Å². The van der Waals surface area contributed by atoms with Crippen molar-refractivity contribution in [2.24, 2.45) is 5.73 Å². The van der Waals surface area contributed by atoms with E-state index in [0.29, 0.717) is 12.2 Å². The lowest BCUT2D eigenvalue weighted by atomic mass is 9.99. The highest BCUT2D eigenvalue weighted by Crippen LogP contribution is 2.35. The highest BCUT2D eigenvalue weighted by atomic mass is 32.2. The van der Waals surface area contributed by atoms with Gasteiger partial charge in [0.2, 0.25) is 9.84 Å². The van der Waals surface area contributed by atoms with Crippen LogP contribution in [0.3, 0.4) is 0 Å². The fraction of sp³-hybridized carbons (Fsp3) is 0.342. The van der Waals surface area contributed by atoms with Crippen LogP contribution in [0.5, 0.6) is 5.75 Å². The van der Waals surface area contributed by atoms with Gasteiger partial charge in [-0.2, -0.15) is 0 Å². The molecule has 0 spiro atoms. The first-order chi connectivity index (χ1) is 22.9. The van der Waals surface area contributed by atoms with E-state index in [-0.39, 0.29) is 22.8 Å². The zero-order chi connectivity index (χ0) is 36.0. The Kier molecular flexibility index (Phi) is 11.2. The Morgan fingerprint density at radius 1 is 0.776 bits per heavy atom. The number of carbonyl (C=O) groups excluding carboxylic acids is 2. The average Bonchev–Trinajstić information content (AvgIpc) is 3.03. The molecule has 4 rings (SSSR count). The van der Waals surface area contributed by atoms with Crippen LogP contribution in [0.1, 0.15) is 59.7 Å². The number of rotatable bonds is 11. The number of ether oxygens (including phenoxy) is 3. The Bertz CT molecular complexity index is 1870. The van der Waals surface area contributed by atoms with Crippen LogP contribution in [0.2, 0.25) is 0 Å². The molecule has 1 unspecified atom stereocenters. The minimum absolute atomic E-state index is 0.00631. The van der Waals surface area contributed by atoms with Crippen molar-refractivity contribution in [3.05, 3.63) is 108 Å². The lowest BCUT2D eigenvalue weighted by Gasteiger charge is -2.31. The molecule has 1 heterocycles. The number of nitrogens with two attached hydrogens (primary N) is 1. The Balaban J connectivity index is 1.79. The number of amides is 1. The van der Waals surface area contributed by atoms with E-state index in [2.05, 4.69) is 4.98 Å². The molecule has 0 radical (unpaired) electrons. The third kappa shape index (κ3) is 9.45. The molecule has 1 aromatic heterocycles. The average molecular weight is 688 g/mol. The van der Waals surface area contributed by atoms with Gasteiger partial charge >= 0.3 is 12.1 Å². The second kappa shape index (κ2) is 14.8. The number of sulfone groups is 1. The Labute approximate surface area is 289 Å². The summed E-state index contributed by atoms with van der Waals surface area (Å²) in [6, 6.07) is 27.6. The number of carbonyl (C=O) groups is 2. The molecule has 0 aliphatic rings. The molecule has 0 saturated heterocycles. The predicted octanol–water partition coefficient (Wildman–Crippen LogP) is 7.06. The minimum atomic E-state index is -4.29. The van der Waals surface area contributed by atoms with Gasteiger partial charge < -0.3 is 19.9 Å². The molecule has 0 saturated carbocycles. The van der Waals surface area contributed by atoms with Crippen LogP contribution < -0.4 is 15.4 Å². The van der Waals surface area contributed by atoms with Crippen LogP contribution in [0, 0.1) is 0 Å². The van der Waals surface area contributed by atoms with Gasteiger partial charge in [-0.15, -0.1) is 0 Å². The second-order valence-corrected chi connectivity index (χ2v) is 15.8. The summed E-state index contributed by atoms with van der Waals surface area (Å²) < 4.78 is 45.6. The van der Waals surface area contributed by atoms with Gasteiger partial charge in [0.05, 0.1) is 17.2 Å². The van der Waals surface area contributed by atoms with Crippen LogP contribution in [-0.2, 0) is 35.4 Å². The zero-order valence-corrected chi connectivity index (χ0v) is 29.9. The van der Waals surface area contributed by atoms with Crippen LogP contribution in [0.15, 0.2) is 102 Å². The van der Waals surface area contributed by atoms with Gasteiger partial charge in [-0.1, -0.05) is 60.7 Å². The Morgan fingerprint density at radius 2 is 1.41 bits per heavy atom. The van der Waals surface area contributed by atoms with E-state index in [9.17, 15) is 18.0 Å². The Hall–Kier alpha value is -4.74. The first-order valence-electron chi connectivity index (χ1n) is 16.0. The first kappa shape index (κ1) is 37.1. The monoisotopic (exact) mass is 687 g/mol. The molecule has 0 fully saturated rings. The molecule has 10 nitrogen and oxygen atoms in total. The van der Waals surface area contributed by atoms with Gasteiger partial charge in [-0.3, -0.25) is 9.69 Å². The number of aromatic nitrogens is 1. The number of hydrogen-bond acceptors (Lipinski definition) is 9. The van der Waals surface area contributed by atoms with E-state index < -0.39 is 44.5 Å². The van der Waals surface area contributed by atoms with Crippen LogP contribution in [0.25, 0.3) is 11.1 Å². The molecule has 260 valence electrons. The largest absolute Gasteiger partial charge is 0.494 e. The van der Waals surface area contributed by atoms with Crippen molar-refractivity contribution in [2.75, 3.05) is 18.1 Å². The van der Waals surface area contributed by atoms with E-state index in [1.54, 1.807) is 65.8 Å². The smallest absolute Gasteiger partial charge is 0.416 e. The quantitative estimate of drug-likeness (QED) is 0.164. The molecule has 3 aromatic carbocycles. The summed E-state index contributed by atoms with van der Waals surface area (Å²) in [5.41, 5.74) is 7.75. The maximum Gasteiger partial charge on any atom is 0.416 e. The fourth-order valence-electron chi connectivity index (χ4n) is 5.05. The van der Waals surface area contributed by atoms with E-state index in [0.717, 1.165) is 21.8 Å². The van der Waals surface area contributed by atoms with E-state index >= 15 is 0 Å². The molecule has 0 aliphatic carbocycles. The first-order valence-corrected chi connectivity index (χ1v) is 17.5. The van der Waals surface area contributed by atoms with Gasteiger partial charge in [0.15, 0.2) is 4.87 Å². The molecule has 1 atom stereocenters. The summed E-state index contributed by atoms with van der Waals surface area (Å²) in [6.45, 7) is 12.1. The molecule has 0 aliphatic heterocycles. The second-order valence-electron chi connectivity index (χ2n) is 13.6. The topological polar surface area (TPSA) is 138 Å². The van der Waals surface area contributed by atoms with Crippen LogP contribution in [0.4, 0.5) is 10.6 Å². The SMILES string of the molecule is CCOc1cccc(-c2ccc(CC(N)(c3cccc(N(CC(=O)OC(C)(C)C)C(=O)OC(C)(C)C)n3)S(=O)(=O)c3ccccc3)cc2)c1. The van der Waals surface area contributed by atoms with Gasteiger partial charge in [0.1, 0.15) is 29.3 Å². The van der Waals surface area contributed by atoms with Gasteiger partial charge in [0, 0.05) is 6.42 Å². The third-order valence-electron chi connectivity index (χ3n) is 7.20. The van der Waals surface area contributed by atoms with Gasteiger partial charge in [0.25, 0.3) is 0 Å². The number of anilines is 1. The fourth-order valence-corrected chi connectivity index (χ4v) is 6.73. The number of hydrogen-bond donors (Lipinski definition) is 1. The molecular formula is C38H45N3O7S. The molecule has 11 heteroatoms. The van der Waals surface area contributed by atoms with Crippen LogP contribution in [-0.4, -0.2) is 49.8 Å². The summed E-state index contributed by atoms with van der Waals surface area (Å²) in [7, 11) is -4.29. The molecule has 2 N–H and O–H groups in total. The third-order valence-corrected chi connectivity index (χ3v) is 9.40. The number of nitrogens with zero attached hydrogens (tertiary/aromatic N) is 2. The van der Waals surface area contributed by atoms with Crippen molar-refractivity contribution in [3.8, 4) is 16.9 Å². The highest BCUT2D eigenvalue weighted by Gasteiger charge is 2.45. The van der Waals surface area contributed by atoms with E-state index in [1.807, 2.05) is 55.5 Å². The highest BCUT2D eigenvalue weighted by molar-refractivity contribution is 7.92. The van der Waals surface area contributed by atoms with Crippen molar-refractivity contribution in [2.45, 2.75) is 75.9 Å². The van der Waals surface area contributed by atoms with Gasteiger partial charge in [-0.25, -0.2) is 18.2 Å². The van der Waals surface area contributed by atoms with Crippen molar-refractivity contribution >= 4 is 27.7 Å². The van der Waals surface area contributed by atoms with E-state index in [4.69, 9.17) is 19.9 Å². The minimum Gasteiger partial charge on any atom is -0.494 e. The predicted molar refractivity (Wildman–Crippen MR) is 190 cm³/mol. The van der Waals surface area contributed by atoms with Crippen molar-refractivity contribution in [1.29, 1.82) is 0 Å². The maximum absolute atomic E-state index is 14.4. The lowest BCUT2D eigenvalue weighted by Crippen LogP contribution is -2.48. The summed E-state index contributed by atoms with van der Waals surface area (Å²) in [6.07, 6.45) is -1.01. The molecule has 1 amide bonds. The molecule has 49 heavy (non-hydrogen) atoms. The maximum atomic E-state index is 14.4. The van der Waals surface area contributed by atoms with Crippen molar-refractivity contribution in [3.63, 3.8) is 0 Å². The standard InChI is InChI=1S/C38H45N3O7S/c1-8-46-30-15-12-14-29(24-30)28-22-20-27(21-23-28)25-38(39,49(44,45)31-16-10-9-11-17-31)32-18-13-19-33(40-32)41(35(43)48-37(5,6)7)26-34(42)47-36(2,3)4/h9-24H,8,25-26,39H2,1-7H3. The summed E-state index contributed by atoms with van der Waals surface area (Å²) in [4.78, 5) is 29.9. The summed E-state index contributed by atoms with van der Waals surface area (Å²) in [5, 5.41) is 0. The van der Waals surface area contributed by atoms with Crippen LogP contribution >= 0.6 is 0 Å². The zero-order valence-electron chi connectivity index (χ0n) is 29.1. The normalized spacial score (nSPS) is 13.2. The number of benzene rings is 3. The number of esters is 1. The molecule has 4 aromatic rings.